The molecule has 0 atom stereocenters. The molecule has 0 saturated heterocycles. The van der Waals surface area contributed by atoms with Crippen molar-refractivity contribution >= 4 is 0 Å². The Morgan fingerprint density at radius 2 is 2.00 bits per heavy atom. The Morgan fingerprint density at radius 1 is 1.36 bits per heavy atom. The average Bonchev–Trinajstić information content (AvgIpc) is 2.19. The molecule has 1 aliphatic rings. The topological polar surface area (TPSA) is 32.3 Å². The predicted octanol–water partition coefficient (Wildman–Crippen LogP) is 2.09. The maximum atomic E-state index is 9.44. The smallest absolute Gasteiger partial charge is 0.0499 e. The zero-order valence-corrected chi connectivity index (χ0v) is 9.31. The summed E-state index contributed by atoms with van der Waals surface area (Å²) >= 11 is 0. The van der Waals surface area contributed by atoms with E-state index >= 15 is 0 Å². The van der Waals surface area contributed by atoms with E-state index in [1.165, 1.54) is 32.1 Å². The molecule has 0 bridgehead atoms. The van der Waals surface area contributed by atoms with Gasteiger partial charge < -0.3 is 10.4 Å². The van der Waals surface area contributed by atoms with Crippen LogP contribution in [0.3, 0.4) is 0 Å². The third-order valence-electron chi connectivity index (χ3n) is 3.18. The number of aliphatic hydroxyl groups excluding tert-OH is 1. The Bertz CT molecular complexity index is 183. The molecule has 2 N–H and O–H groups in total. The maximum absolute atomic E-state index is 9.44. The molecule has 0 spiro atoms. The molecule has 0 aromatic rings. The van der Waals surface area contributed by atoms with Crippen LogP contribution >= 0.6 is 0 Å². The van der Waals surface area contributed by atoms with E-state index in [0.717, 1.165) is 18.7 Å². The van der Waals surface area contributed by atoms with Crippen molar-refractivity contribution in [2.45, 2.75) is 39.0 Å². The fourth-order valence-electron chi connectivity index (χ4n) is 2.23. The summed E-state index contributed by atoms with van der Waals surface area (Å²) in [5.74, 6) is 0. The van der Waals surface area contributed by atoms with Gasteiger partial charge in [0.25, 0.3) is 0 Å². The monoisotopic (exact) mass is 197 g/mol. The van der Waals surface area contributed by atoms with Gasteiger partial charge in [-0.05, 0) is 19.8 Å². The molecule has 82 valence electrons. The van der Waals surface area contributed by atoms with Crippen molar-refractivity contribution in [1.29, 1.82) is 0 Å². The molecule has 2 heteroatoms. The summed E-state index contributed by atoms with van der Waals surface area (Å²) in [7, 11) is 0. The van der Waals surface area contributed by atoms with Gasteiger partial charge in [-0.15, -0.1) is 0 Å². The van der Waals surface area contributed by atoms with Gasteiger partial charge >= 0.3 is 0 Å². The number of hydrogen-bond donors (Lipinski definition) is 2. The Hall–Kier alpha value is -0.340. The minimum Gasteiger partial charge on any atom is -0.396 e. The van der Waals surface area contributed by atoms with Crippen LogP contribution in [0.2, 0.25) is 0 Å². The lowest BCUT2D eigenvalue weighted by molar-refractivity contribution is 0.0822. The first-order valence-electron chi connectivity index (χ1n) is 5.64. The van der Waals surface area contributed by atoms with Crippen LogP contribution in [0.4, 0.5) is 0 Å². The molecule has 1 saturated carbocycles. The summed E-state index contributed by atoms with van der Waals surface area (Å²) in [4.78, 5) is 0. The molecule has 0 heterocycles. The van der Waals surface area contributed by atoms with Crippen LogP contribution in [-0.2, 0) is 0 Å². The third-order valence-corrected chi connectivity index (χ3v) is 3.18. The van der Waals surface area contributed by atoms with E-state index in [2.05, 4.69) is 11.9 Å². The van der Waals surface area contributed by atoms with E-state index in [-0.39, 0.29) is 5.41 Å². The van der Waals surface area contributed by atoms with Gasteiger partial charge in [-0.3, -0.25) is 0 Å². The van der Waals surface area contributed by atoms with Crippen LogP contribution in [-0.4, -0.2) is 24.8 Å². The van der Waals surface area contributed by atoms with Crippen molar-refractivity contribution in [2.75, 3.05) is 19.7 Å². The SMILES string of the molecule is C=C(C)CNCC1(CO)CCCCC1. The fourth-order valence-corrected chi connectivity index (χ4v) is 2.23. The molecule has 0 amide bonds. The van der Waals surface area contributed by atoms with Crippen molar-refractivity contribution in [1.82, 2.24) is 5.32 Å². The largest absolute Gasteiger partial charge is 0.396 e. The van der Waals surface area contributed by atoms with E-state index in [0.29, 0.717) is 6.61 Å². The highest BCUT2D eigenvalue weighted by atomic mass is 16.3. The van der Waals surface area contributed by atoms with Gasteiger partial charge in [-0.1, -0.05) is 31.4 Å². The van der Waals surface area contributed by atoms with Crippen LogP contribution in [0.25, 0.3) is 0 Å². The molecule has 2 nitrogen and oxygen atoms in total. The third kappa shape index (κ3) is 3.43. The Morgan fingerprint density at radius 3 is 2.50 bits per heavy atom. The summed E-state index contributed by atoms with van der Waals surface area (Å²) in [6.07, 6.45) is 6.23. The van der Waals surface area contributed by atoms with Gasteiger partial charge in [-0.25, -0.2) is 0 Å². The zero-order chi connectivity index (χ0) is 10.4. The second-order valence-corrected chi connectivity index (χ2v) is 4.78. The van der Waals surface area contributed by atoms with E-state index in [1.807, 2.05) is 6.92 Å². The highest BCUT2D eigenvalue weighted by molar-refractivity contribution is 4.92. The fraction of sp³-hybridized carbons (Fsp3) is 0.833. The minimum absolute atomic E-state index is 0.160. The van der Waals surface area contributed by atoms with E-state index in [1.54, 1.807) is 0 Å². The van der Waals surface area contributed by atoms with Crippen LogP contribution in [0.5, 0.6) is 0 Å². The summed E-state index contributed by atoms with van der Waals surface area (Å²) < 4.78 is 0. The standard InChI is InChI=1S/C12H23NO/c1-11(2)8-13-9-12(10-14)6-4-3-5-7-12/h13-14H,1,3-10H2,2H3. The van der Waals surface area contributed by atoms with Gasteiger partial charge in [-0.2, -0.15) is 0 Å². The lowest BCUT2D eigenvalue weighted by Gasteiger charge is -2.35. The molecule has 0 aliphatic heterocycles. The second kappa shape index (κ2) is 5.52. The molecule has 14 heavy (non-hydrogen) atoms. The van der Waals surface area contributed by atoms with Crippen molar-refractivity contribution in [3.05, 3.63) is 12.2 Å². The molecule has 1 aliphatic carbocycles. The highest BCUT2D eigenvalue weighted by Gasteiger charge is 2.30. The van der Waals surface area contributed by atoms with Gasteiger partial charge in [0, 0.05) is 25.1 Å². The van der Waals surface area contributed by atoms with E-state index in [9.17, 15) is 5.11 Å². The van der Waals surface area contributed by atoms with Crippen molar-refractivity contribution < 1.29 is 5.11 Å². The highest BCUT2D eigenvalue weighted by Crippen LogP contribution is 2.35. The Labute approximate surface area is 87.4 Å². The molecule has 0 unspecified atom stereocenters. The van der Waals surface area contributed by atoms with Gasteiger partial charge in [0.2, 0.25) is 0 Å². The summed E-state index contributed by atoms with van der Waals surface area (Å²) in [6.45, 7) is 8.04. The quantitative estimate of drug-likeness (QED) is 0.661. The average molecular weight is 197 g/mol. The van der Waals surface area contributed by atoms with E-state index in [4.69, 9.17) is 0 Å². The number of nitrogens with one attached hydrogen (secondary N) is 1. The van der Waals surface area contributed by atoms with Crippen molar-refractivity contribution in [3.63, 3.8) is 0 Å². The second-order valence-electron chi connectivity index (χ2n) is 4.78. The van der Waals surface area contributed by atoms with Gasteiger partial charge in [0.1, 0.15) is 0 Å². The van der Waals surface area contributed by atoms with Crippen LogP contribution in [0, 0.1) is 5.41 Å². The lowest BCUT2D eigenvalue weighted by Crippen LogP contribution is -2.39. The van der Waals surface area contributed by atoms with Crippen molar-refractivity contribution in [2.24, 2.45) is 5.41 Å². The van der Waals surface area contributed by atoms with Crippen LogP contribution in [0.1, 0.15) is 39.0 Å². The zero-order valence-electron chi connectivity index (χ0n) is 9.31. The molecule has 0 aromatic carbocycles. The first-order chi connectivity index (χ1) is 6.68. The molecule has 1 fully saturated rings. The molecule has 0 aromatic heterocycles. The Balaban J connectivity index is 2.32. The summed E-state index contributed by atoms with van der Waals surface area (Å²) in [5.41, 5.74) is 1.32. The molecular formula is C12H23NO. The maximum Gasteiger partial charge on any atom is 0.0499 e. The normalized spacial score (nSPS) is 20.7. The predicted molar refractivity (Wildman–Crippen MR) is 60.3 cm³/mol. The van der Waals surface area contributed by atoms with Gasteiger partial charge in [0.15, 0.2) is 0 Å². The number of hydrogen-bond acceptors (Lipinski definition) is 2. The number of rotatable bonds is 5. The Kier molecular flexibility index (Phi) is 4.63. The molecule has 1 rings (SSSR count). The number of aliphatic hydroxyl groups is 1. The summed E-state index contributed by atoms with van der Waals surface area (Å²) in [5, 5.41) is 12.8. The first-order valence-corrected chi connectivity index (χ1v) is 5.64. The molecular weight excluding hydrogens is 174 g/mol. The first kappa shape index (κ1) is 11.7. The lowest BCUT2D eigenvalue weighted by atomic mass is 9.74. The van der Waals surface area contributed by atoms with E-state index < -0.39 is 0 Å². The van der Waals surface area contributed by atoms with Crippen molar-refractivity contribution in [3.8, 4) is 0 Å². The van der Waals surface area contributed by atoms with Crippen LogP contribution in [0.15, 0.2) is 12.2 Å². The molecule has 0 radical (unpaired) electrons. The van der Waals surface area contributed by atoms with Crippen LogP contribution < -0.4 is 5.32 Å². The summed E-state index contributed by atoms with van der Waals surface area (Å²) in [6, 6.07) is 0. The van der Waals surface area contributed by atoms with Gasteiger partial charge in [0.05, 0.1) is 0 Å². The minimum atomic E-state index is 0.160.